The Labute approximate surface area is 572 Å². The van der Waals surface area contributed by atoms with Crippen LogP contribution in [-0.4, -0.2) is 96.7 Å². The summed E-state index contributed by atoms with van der Waals surface area (Å²) in [6.45, 7) is 9.40. The molecule has 5 atom stereocenters. The molecule has 94 heavy (non-hydrogen) atoms. The summed E-state index contributed by atoms with van der Waals surface area (Å²) < 4.78 is 68.4. The molecule has 0 bridgehead atoms. The lowest BCUT2D eigenvalue weighted by molar-refractivity contribution is -0.161. The van der Waals surface area contributed by atoms with Gasteiger partial charge in [0.1, 0.15) is 19.3 Å². The number of esters is 4. The van der Waals surface area contributed by atoms with Gasteiger partial charge in [-0.15, -0.1) is 0 Å². The van der Waals surface area contributed by atoms with Gasteiger partial charge in [-0.2, -0.15) is 0 Å². The topological polar surface area (TPSA) is 237 Å². The van der Waals surface area contributed by atoms with E-state index in [1.807, 2.05) is 0 Å². The SMILES string of the molecule is CCCCCC/C=C\C=C/CCCCCCCC(=O)OC[C@H](COP(=O)(O)OC[C@@H](O)COP(=O)(O)OC[C@@H](COC(=O)CCCCCCCCCCCC(C)C)OC(=O)CCCCCCCCCCCC(C)C)OC(=O)CCCCCCC/C=C\C=C/CCCCCC. The van der Waals surface area contributed by atoms with Crippen LogP contribution in [0, 0.1) is 11.8 Å². The summed E-state index contributed by atoms with van der Waals surface area (Å²) >= 11 is 0. The highest BCUT2D eigenvalue weighted by atomic mass is 31.2. The molecule has 0 amide bonds. The second-order valence-corrected chi connectivity index (χ2v) is 29.5. The highest BCUT2D eigenvalue weighted by Gasteiger charge is 2.30. The van der Waals surface area contributed by atoms with Gasteiger partial charge in [0, 0.05) is 25.7 Å². The van der Waals surface area contributed by atoms with E-state index in [-0.39, 0.29) is 25.7 Å². The van der Waals surface area contributed by atoms with Crippen molar-refractivity contribution in [3.05, 3.63) is 48.6 Å². The number of allylic oxidation sites excluding steroid dienone is 8. The van der Waals surface area contributed by atoms with Gasteiger partial charge in [-0.25, -0.2) is 9.13 Å². The summed E-state index contributed by atoms with van der Waals surface area (Å²) in [5.41, 5.74) is 0. The van der Waals surface area contributed by atoms with Crippen molar-refractivity contribution >= 4 is 39.5 Å². The maximum atomic E-state index is 13.1. The van der Waals surface area contributed by atoms with Crippen molar-refractivity contribution in [2.45, 2.75) is 355 Å². The van der Waals surface area contributed by atoms with Gasteiger partial charge in [0.2, 0.25) is 0 Å². The largest absolute Gasteiger partial charge is 0.472 e. The molecule has 0 radical (unpaired) electrons. The predicted molar refractivity (Wildman–Crippen MR) is 381 cm³/mol. The van der Waals surface area contributed by atoms with Crippen LogP contribution in [0.2, 0.25) is 0 Å². The molecule has 2 unspecified atom stereocenters. The van der Waals surface area contributed by atoms with Crippen molar-refractivity contribution in [3.63, 3.8) is 0 Å². The first-order valence-corrected chi connectivity index (χ1v) is 40.6. The lowest BCUT2D eigenvalue weighted by Crippen LogP contribution is -2.30. The Morgan fingerprint density at radius 1 is 0.330 bits per heavy atom. The molecule has 0 rings (SSSR count). The van der Waals surface area contributed by atoms with E-state index in [0.717, 1.165) is 134 Å². The van der Waals surface area contributed by atoms with Crippen molar-refractivity contribution in [2.24, 2.45) is 11.8 Å². The Morgan fingerprint density at radius 3 is 0.862 bits per heavy atom. The van der Waals surface area contributed by atoms with Crippen molar-refractivity contribution in [2.75, 3.05) is 39.6 Å². The molecule has 0 spiro atoms. The standard InChI is InChI=1S/C75H138O17P2/c1-7-9-11-13-15-17-19-21-23-25-27-33-39-45-51-57-72(77)85-63-70(91-74(79)59-53-47-41-34-28-26-24-22-20-18-16-14-12-10-8-2)65-89-93(81,82)87-61-69(76)62-88-94(83,84)90-66-71(92-75(80)60-54-48-42-36-30-32-38-44-50-56-68(5)6)64-86-73(78)58-52-46-40-35-29-31-37-43-49-55-67(3)4/h17-24,67-71,76H,7-16,25-66H2,1-6H3,(H,81,82)(H,83,84)/b19-17-,20-18-,23-21-,24-22-/t69-,70-,71-/m1/s1. The Morgan fingerprint density at radius 2 is 0.574 bits per heavy atom. The highest BCUT2D eigenvalue weighted by Crippen LogP contribution is 2.45. The Balaban J connectivity index is 5.33. The van der Waals surface area contributed by atoms with Crippen LogP contribution in [0.5, 0.6) is 0 Å². The first-order chi connectivity index (χ1) is 45.4. The molecule has 0 fully saturated rings. The predicted octanol–water partition coefficient (Wildman–Crippen LogP) is 21.0. The van der Waals surface area contributed by atoms with E-state index >= 15 is 0 Å². The Hall–Kier alpha value is -2.98. The zero-order valence-electron chi connectivity index (χ0n) is 60.2. The number of phosphoric ester groups is 2. The number of hydrogen-bond donors (Lipinski definition) is 3. The number of carbonyl (C=O) groups is 4. The number of aliphatic hydroxyl groups is 1. The maximum Gasteiger partial charge on any atom is 0.472 e. The van der Waals surface area contributed by atoms with Gasteiger partial charge in [-0.1, -0.05) is 283 Å². The van der Waals surface area contributed by atoms with Crippen LogP contribution >= 0.6 is 15.6 Å². The number of ether oxygens (including phenoxy) is 4. The van der Waals surface area contributed by atoms with Crippen LogP contribution in [0.15, 0.2) is 48.6 Å². The van der Waals surface area contributed by atoms with Gasteiger partial charge in [0.25, 0.3) is 0 Å². The normalized spacial score (nSPS) is 14.4. The van der Waals surface area contributed by atoms with Gasteiger partial charge in [-0.05, 0) is 88.9 Å². The summed E-state index contributed by atoms with van der Waals surface area (Å²) in [6.07, 6.45) is 58.5. The first-order valence-electron chi connectivity index (χ1n) is 37.6. The molecule has 0 aliphatic rings. The molecule has 0 aliphatic carbocycles. The van der Waals surface area contributed by atoms with Crippen LogP contribution in [0.25, 0.3) is 0 Å². The molecule has 0 saturated heterocycles. The van der Waals surface area contributed by atoms with Crippen molar-refractivity contribution < 1.29 is 80.2 Å². The second-order valence-electron chi connectivity index (χ2n) is 26.6. The fourth-order valence-corrected chi connectivity index (χ4v) is 12.0. The monoisotopic (exact) mass is 1370 g/mol. The molecular formula is C75H138O17P2. The van der Waals surface area contributed by atoms with Gasteiger partial charge in [-0.3, -0.25) is 37.3 Å². The number of aliphatic hydroxyl groups excluding tert-OH is 1. The summed E-state index contributed by atoms with van der Waals surface area (Å²) in [6, 6.07) is 0. The molecule has 0 heterocycles. The van der Waals surface area contributed by atoms with E-state index in [1.165, 1.54) is 122 Å². The van der Waals surface area contributed by atoms with E-state index < -0.39 is 97.5 Å². The number of unbranched alkanes of at least 4 members (excludes halogenated alkanes) is 34. The second kappa shape index (κ2) is 65.9. The van der Waals surface area contributed by atoms with Crippen molar-refractivity contribution in [1.29, 1.82) is 0 Å². The third-order valence-electron chi connectivity index (χ3n) is 16.2. The summed E-state index contributed by atoms with van der Waals surface area (Å²) in [7, 11) is -9.93. The Bertz CT molecular complexity index is 2010. The first kappa shape index (κ1) is 91.0. The minimum atomic E-state index is -4.97. The van der Waals surface area contributed by atoms with E-state index in [1.54, 1.807) is 0 Å². The fraction of sp³-hybridized carbons (Fsp3) is 0.840. The number of carbonyl (C=O) groups excluding carboxylic acids is 4. The number of phosphoric acid groups is 2. The van der Waals surface area contributed by atoms with Crippen LogP contribution < -0.4 is 0 Å². The molecular weight excluding hydrogens is 1230 g/mol. The molecule has 3 N–H and O–H groups in total. The van der Waals surface area contributed by atoms with Gasteiger partial charge in [0.15, 0.2) is 12.2 Å². The van der Waals surface area contributed by atoms with E-state index in [9.17, 15) is 43.2 Å². The highest BCUT2D eigenvalue weighted by molar-refractivity contribution is 7.47. The van der Waals surface area contributed by atoms with E-state index in [0.29, 0.717) is 25.7 Å². The van der Waals surface area contributed by atoms with Crippen molar-refractivity contribution in [3.8, 4) is 0 Å². The zero-order chi connectivity index (χ0) is 69.3. The number of rotatable bonds is 70. The minimum Gasteiger partial charge on any atom is -0.462 e. The molecule has 0 aromatic rings. The van der Waals surface area contributed by atoms with Gasteiger partial charge >= 0.3 is 39.5 Å². The average molecular weight is 1370 g/mol. The van der Waals surface area contributed by atoms with Crippen LogP contribution in [0.4, 0.5) is 0 Å². The third-order valence-corrected chi connectivity index (χ3v) is 18.1. The van der Waals surface area contributed by atoms with Crippen LogP contribution in [-0.2, 0) is 65.4 Å². The summed E-state index contributed by atoms with van der Waals surface area (Å²) in [5, 5.41) is 10.6. The number of hydrogen-bond acceptors (Lipinski definition) is 15. The molecule has 17 nitrogen and oxygen atoms in total. The van der Waals surface area contributed by atoms with Crippen molar-refractivity contribution in [1.82, 2.24) is 0 Å². The zero-order valence-corrected chi connectivity index (χ0v) is 62.0. The summed E-state index contributed by atoms with van der Waals surface area (Å²) in [5.74, 6) is -0.706. The molecule has 550 valence electrons. The van der Waals surface area contributed by atoms with Crippen LogP contribution in [0.1, 0.15) is 337 Å². The van der Waals surface area contributed by atoms with Gasteiger partial charge < -0.3 is 33.8 Å². The van der Waals surface area contributed by atoms with Crippen LogP contribution in [0.3, 0.4) is 0 Å². The van der Waals surface area contributed by atoms with E-state index in [4.69, 9.17) is 37.0 Å². The summed E-state index contributed by atoms with van der Waals surface area (Å²) in [4.78, 5) is 72.7. The molecule has 0 aromatic heterocycles. The Kier molecular flexibility index (Phi) is 63.8. The quantitative estimate of drug-likeness (QED) is 0.0169. The fourth-order valence-electron chi connectivity index (χ4n) is 10.4. The van der Waals surface area contributed by atoms with E-state index in [2.05, 4.69) is 90.2 Å². The molecule has 0 aromatic carbocycles. The third kappa shape index (κ3) is 67.6. The smallest absolute Gasteiger partial charge is 0.462 e. The molecule has 0 aliphatic heterocycles. The maximum absolute atomic E-state index is 13.1. The molecule has 0 saturated carbocycles. The lowest BCUT2D eigenvalue weighted by atomic mass is 10.0. The minimum absolute atomic E-state index is 0.0779. The van der Waals surface area contributed by atoms with Gasteiger partial charge in [0.05, 0.1) is 26.4 Å². The lowest BCUT2D eigenvalue weighted by Gasteiger charge is -2.21. The molecule has 19 heteroatoms. The average Bonchev–Trinajstić information content (AvgIpc) is 1.38.